The summed E-state index contributed by atoms with van der Waals surface area (Å²) < 4.78 is 11.2. The average Bonchev–Trinajstić information content (AvgIpc) is 1.50. The predicted octanol–water partition coefficient (Wildman–Crippen LogP) is 22.9. The number of aromatic nitrogens is 3. The maximum absolute atomic E-state index is 12.9. The zero-order valence-electron chi connectivity index (χ0n) is 49.2. The molecule has 19 rings (SSSR count). The highest BCUT2D eigenvalue weighted by Crippen LogP contribution is 2.52. The third kappa shape index (κ3) is 7.33. The van der Waals surface area contributed by atoms with E-state index in [0.29, 0.717) is 22.6 Å². The summed E-state index contributed by atoms with van der Waals surface area (Å²) in [5.74, 6) is 0. The lowest BCUT2D eigenvalue weighted by Gasteiger charge is -2.25. The molecule has 0 amide bonds. The number of nitriles is 2. The monoisotopic (exact) mass is 1200 g/mol. The number of hydrogen-bond donors (Lipinski definition) is 1. The number of anilines is 1. The lowest BCUT2D eigenvalue weighted by molar-refractivity contribution is 1.06. The Morgan fingerprint density at radius 3 is 1.26 bits per heavy atom. The molecule has 0 radical (unpaired) electrons. The second-order valence-electron chi connectivity index (χ2n) is 23.8. The molecule has 0 atom stereocenters. The van der Waals surface area contributed by atoms with Crippen molar-refractivity contribution < 1.29 is 0 Å². The molecule has 0 aliphatic carbocycles. The largest absolute Gasteiger partial charge is 0.396 e. The fraction of sp³-hybridized carbons (Fsp3) is 0. The molecule has 92 heavy (non-hydrogen) atoms. The van der Waals surface area contributed by atoms with Crippen LogP contribution in [-0.2, 0) is 0 Å². The van der Waals surface area contributed by atoms with Crippen molar-refractivity contribution in [1.82, 2.24) is 13.7 Å². The molecule has 0 saturated carbocycles. The van der Waals surface area contributed by atoms with E-state index in [1.54, 1.807) is 22.7 Å². The molecule has 0 aliphatic heterocycles. The summed E-state index contributed by atoms with van der Waals surface area (Å²) in [7, 11) is 0. The molecule has 8 heteroatoms. The Morgan fingerprint density at radius 2 is 0.685 bits per heavy atom. The SMILES string of the molecule is N#Cc1c(-n2c3ccccc3c3ccccc32)c(-n2c3cc(-c4ccccc4-c4ccccc4)ccc3c3ccc4c5ccccc5sc4c32)c(C#N)c(N)c1-n1c2cc(-c3ccccc3-c3cccc4ccccc34)ccc2c2ccc3c4ccccc4sc3c21. The van der Waals surface area contributed by atoms with E-state index in [0.717, 1.165) is 150 Å². The molecule has 0 spiro atoms. The second kappa shape index (κ2) is 20.0. The second-order valence-corrected chi connectivity index (χ2v) is 25.9. The highest BCUT2D eigenvalue weighted by Gasteiger charge is 2.34. The van der Waals surface area contributed by atoms with Gasteiger partial charge in [-0.25, -0.2) is 0 Å². The lowest BCUT2D eigenvalue weighted by atomic mass is 9.91. The van der Waals surface area contributed by atoms with Gasteiger partial charge >= 0.3 is 0 Å². The zero-order chi connectivity index (χ0) is 60.9. The van der Waals surface area contributed by atoms with Crippen molar-refractivity contribution >= 4 is 145 Å². The number of rotatable bonds is 7. The Kier molecular flexibility index (Phi) is 11.3. The van der Waals surface area contributed by atoms with Crippen LogP contribution in [0, 0.1) is 22.7 Å². The Bertz CT molecular complexity index is 6440. The Labute approximate surface area is 535 Å². The van der Waals surface area contributed by atoms with Gasteiger partial charge in [0.2, 0.25) is 0 Å². The summed E-state index contributed by atoms with van der Waals surface area (Å²) in [6, 6.07) is 105. The first kappa shape index (κ1) is 52.0. The molecule has 5 heterocycles. The van der Waals surface area contributed by atoms with Crippen LogP contribution in [0.5, 0.6) is 0 Å². The third-order valence-corrected chi connectivity index (χ3v) is 21.5. The Balaban J connectivity index is 1.01. The molecule has 0 unspecified atom stereocenters. The highest BCUT2D eigenvalue weighted by molar-refractivity contribution is 7.27. The van der Waals surface area contributed by atoms with Crippen LogP contribution in [-0.4, -0.2) is 13.7 Å². The third-order valence-electron chi connectivity index (χ3n) is 19.1. The number of para-hydroxylation sites is 2. The minimum atomic E-state index is 0.200. The molecule has 0 bridgehead atoms. The van der Waals surface area contributed by atoms with Gasteiger partial charge in [0.25, 0.3) is 0 Å². The van der Waals surface area contributed by atoms with Gasteiger partial charge in [0.1, 0.15) is 23.3 Å². The highest BCUT2D eigenvalue weighted by atomic mass is 32.1. The normalized spacial score (nSPS) is 11.9. The number of nitrogen functional groups attached to an aromatic ring is 1. The predicted molar refractivity (Wildman–Crippen MR) is 388 cm³/mol. The first-order valence-corrected chi connectivity index (χ1v) is 32.4. The van der Waals surface area contributed by atoms with E-state index in [1.165, 1.54) is 10.8 Å². The fourth-order valence-electron chi connectivity index (χ4n) is 15.2. The summed E-state index contributed by atoms with van der Waals surface area (Å²) in [4.78, 5) is 0. The molecule has 6 nitrogen and oxygen atoms in total. The van der Waals surface area contributed by atoms with Crippen molar-refractivity contribution in [1.29, 1.82) is 10.5 Å². The molecular formula is C84H48N6S2. The molecule has 0 fully saturated rings. The van der Waals surface area contributed by atoms with Gasteiger partial charge in [0.05, 0.1) is 65.2 Å². The molecule has 0 aliphatic rings. The van der Waals surface area contributed by atoms with Crippen molar-refractivity contribution in [3.63, 3.8) is 0 Å². The molecule has 5 aromatic heterocycles. The first-order valence-electron chi connectivity index (χ1n) is 30.8. The van der Waals surface area contributed by atoms with Crippen LogP contribution >= 0.6 is 22.7 Å². The van der Waals surface area contributed by atoms with E-state index < -0.39 is 0 Å². The van der Waals surface area contributed by atoms with Crippen LogP contribution < -0.4 is 5.73 Å². The molecule has 19 aromatic rings. The van der Waals surface area contributed by atoms with Crippen LogP contribution in [0.2, 0.25) is 0 Å². The number of benzene rings is 14. The van der Waals surface area contributed by atoms with Gasteiger partial charge in [-0.3, -0.25) is 0 Å². The van der Waals surface area contributed by atoms with Crippen molar-refractivity contribution in [3.8, 4) is 73.7 Å². The standard InChI is InChI=1S/C84H48N6S2/c85-47-69-77(87)78(89-73-46-52(56-26-8-9-27-57(56)58-32-18-22-50-21-4-5-24-54(50)58)38-40-61(73)65-41-43-67-63-30-12-16-35-75(63)91-83(67)81(65)89)70(48-86)80(88-71-33-14-10-28-59(71)60-29-11-15-34-72(60)88)79(69)90-74-45-51(55-25-7-6-23-53(55)49-19-2-1-3-20-49)37-39-62(74)66-42-44-68-64-31-13-17-36-76(64)92-84(68)82(66)90/h1-46H,87H2. The number of nitrogens with two attached hydrogens (primary N) is 1. The van der Waals surface area contributed by atoms with Crippen LogP contribution in [0.3, 0.4) is 0 Å². The van der Waals surface area contributed by atoms with Gasteiger partial charge in [0, 0.05) is 63.3 Å². The van der Waals surface area contributed by atoms with E-state index in [9.17, 15) is 10.5 Å². The average molecular weight is 1210 g/mol. The van der Waals surface area contributed by atoms with Crippen LogP contribution in [0.1, 0.15) is 11.1 Å². The van der Waals surface area contributed by atoms with Crippen LogP contribution in [0.4, 0.5) is 5.69 Å². The van der Waals surface area contributed by atoms with E-state index in [1.807, 2.05) is 0 Å². The molecule has 0 saturated heterocycles. The number of hydrogen-bond acceptors (Lipinski definition) is 5. The topological polar surface area (TPSA) is 88.4 Å². The Morgan fingerprint density at radius 1 is 0.283 bits per heavy atom. The van der Waals surface area contributed by atoms with Gasteiger partial charge in [-0.1, -0.05) is 243 Å². The van der Waals surface area contributed by atoms with Crippen molar-refractivity contribution in [2.75, 3.05) is 5.73 Å². The van der Waals surface area contributed by atoms with E-state index in [-0.39, 0.29) is 11.3 Å². The van der Waals surface area contributed by atoms with E-state index in [2.05, 4.69) is 305 Å². The quantitative estimate of drug-likeness (QED) is 0.161. The number of fused-ring (bicyclic) bond motifs is 18. The molecule has 14 aromatic carbocycles. The number of thiophene rings is 2. The number of nitrogens with zero attached hydrogens (tertiary/aromatic N) is 5. The van der Waals surface area contributed by atoms with Gasteiger partial charge in [-0.05, 0) is 91.7 Å². The summed E-state index contributed by atoms with van der Waals surface area (Å²) in [5.41, 5.74) is 24.4. The fourth-order valence-corrected chi connectivity index (χ4v) is 17.7. The summed E-state index contributed by atoms with van der Waals surface area (Å²) in [6.45, 7) is 0. The first-order chi connectivity index (χ1) is 45.5. The van der Waals surface area contributed by atoms with Gasteiger partial charge in [-0.2, -0.15) is 10.5 Å². The van der Waals surface area contributed by atoms with Gasteiger partial charge in [-0.15, -0.1) is 22.7 Å². The van der Waals surface area contributed by atoms with Crippen LogP contribution in [0.25, 0.3) is 178 Å². The summed E-state index contributed by atoms with van der Waals surface area (Å²) >= 11 is 3.49. The minimum Gasteiger partial charge on any atom is -0.396 e. The van der Waals surface area contributed by atoms with Crippen LogP contribution in [0.15, 0.2) is 279 Å². The molecular weight excluding hydrogens is 1160 g/mol. The molecule has 2 N–H and O–H groups in total. The van der Waals surface area contributed by atoms with E-state index >= 15 is 0 Å². The minimum absolute atomic E-state index is 0.200. The molecule has 426 valence electrons. The van der Waals surface area contributed by atoms with Gasteiger partial charge < -0.3 is 19.4 Å². The maximum atomic E-state index is 12.9. The zero-order valence-corrected chi connectivity index (χ0v) is 50.8. The lowest BCUT2D eigenvalue weighted by Crippen LogP contribution is -2.15. The Hall–Kier alpha value is -12.0. The van der Waals surface area contributed by atoms with E-state index in [4.69, 9.17) is 5.73 Å². The summed E-state index contributed by atoms with van der Waals surface area (Å²) in [5, 5.41) is 38.5. The van der Waals surface area contributed by atoms with Crippen molar-refractivity contribution in [2.24, 2.45) is 0 Å². The van der Waals surface area contributed by atoms with Crippen molar-refractivity contribution in [3.05, 3.63) is 290 Å². The smallest absolute Gasteiger partial charge is 0.104 e. The maximum Gasteiger partial charge on any atom is 0.104 e. The van der Waals surface area contributed by atoms with Crippen molar-refractivity contribution in [2.45, 2.75) is 0 Å². The summed E-state index contributed by atoms with van der Waals surface area (Å²) in [6.07, 6.45) is 0. The van der Waals surface area contributed by atoms with Gasteiger partial charge in [0.15, 0.2) is 0 Å².